The van der Waals surface area contributed by atoms with Gasteiger partial charge in [0.1, 0.15) is 17.3 Å². The van der Waals surface area contributed by atoms with Gasteiger partial charge in [-0.3, -0.25) is 4.90 Å². The van der Waals surface area contributed by atoms with Gasteiger partial charge < -0.3 is 35.0 Å². The highest BCUT2D eigenvalue weighted by atomic mass is 79.9. The predicted octanol–water partition coefficient (Wildman–Crippen LogP) is 5.50. The first-order valence-electron chi connectivity index (χ1n) is 14.9. The van der Waals surface area contributed by atoms with Gasteiger partial charge in [-0.25, -0.2) is 4.98 Å². The number of aliphatic hydroxyl groups is 1. The predicted molar refractivity (Wildman–Crippen MR) is 177 cm³/mol. The van der Waals surface area contributed by atoms with Gasteiger partial charge in [-0.1, -0.05) is 0 Å². The number of ether oxygens (including phenoxy) is 2. The highest BCUT2D eigenvalue weighted by molar-refractivity contribution is 9.10. The fourth-order valence-corrected chi connectivity index (χ4v) is 6.20. The molecule has 2 fully saturated rings. The Bertz CT molecular complexity index is 1410. The number of methoxy groups -OCH3 is 2. The van der Waals surface area contributed by atoms with E-state index in [4.69, 9.17) is 14.5 Å². The summed E-state index contributed by atoms with van der Waals surface area (Å²) in [5.74, 6) is 2.50. The number of nitrogens with one attached hydrogen (secondary N) is 2. The molecule has 0 spiro atoms. The minimum absolute atomic E-state index is 0.440. The van der Waals surface area contributed by atoms with E-state index in [2.05, 4.69) is 66.3 Å². The van der Waals surface area contributed by atoms with Crippen LogP contribution in [0.1, 0.15) is 37.8 Å². The smallest absolute Gasteiger partial charge is 0.229 e. The summed E-state index contributed by atoms with van der Waals surface area (Å²) in [6, 6.07) is 10.4. The molecule has 3 heterocycles. The summed E-state index contributed by atoms with van der Waals surface area (Å²) in [6.45, 7) is 12.3. The van der Waals surface area contributed by atoms with Crippen LogP contribution < -0.4 is 25.0 Å². The number of hydrogen-bond acceptors (Lipinski definition) is 10. The molecule has 0 bridgehead atoms. The van der Waals surface area contributed by atoms with Gasteiger partial charge in [0.15, 0.2) is 0 Å². The molecule has 2 aliphatic heterocycles. The first-order chi connectivity index (χ1) is 20.5. The van der Waals surface area contributed by atoms with E-state index >= 15 is 0 Å². The highest BCUT2D eigenvalue weighted by Gasteiger charge is 2.28. The molecule has 0 saturated carbocycles. The summed E-state index contributed by atoms with van der Waals surface area (Å²) in [6.07, 6.45) is 4.03. The third-order valence-corrected chi connectivity index (χ3v) is 9.10. The van der Waals surface area contributed by atoms with Crippen LogP contribution in [-0.4, -0.2) is 91.5 Å². The van der Waals surface area contributed by atoms with Crippen LogP contribution >= 0.6 is 15.9 Å². The molecule has 1 aromatic heterocycles. The SMILES string of the molecule is COc1ccc(Nc2nc(Nc3cc(OC)c(N4CCC(N5CCN(C)CC5)CC4)cc3C)ncc2Br)c(C(C)(C)O)c1. The first kappa shape index (κ1) is 31.3. The number of benzene rings is 2. The topological polar surface area (TPSA) is 98.2 Å². The zero-order valence-electron chi connectivity index (χ0n) is 26.1. The van der Waals surface area contributed by atoms with E-state index in [1.54, 1.807) is 34.3 Å². The van der Waals surface area contributed by atoms with Gasteiger partial charge >= 0.3 is 0 Å². The van der Waals surface area contributed by atoms with Gasteiger partial charge in [0.2, 0.25) is 5.95 Å². The van der Waals surface area contributed by atoms with Crippen LogP contribution in [0.2, 0.25) is 0 Å². The van der Waals surface area contributed by atoms with E-state index in [-0.39, 0.29) is 0 Å². The summed E-state index contributed by atoms with van der Waals surface area (Å²) in [5.41, 5.74) is 3.40. The van der Waals surface area contributed by atoms with Crippen molar-refractivity contribution in [2.24, 2.45) is 0 Å². The van der Waals surface area contributed by atoms with Crippen molar-refractivity contribution in [1.29, 1.82) is 0 Å². The number of piperidine rings is 1. The quantitative estimate of drug-likeness (QED) is 0.275. The number of piperazine rings is 1. The van der Waals surface area contributed by atoms with E-state index in [1.165, 1.54) is 13.1 Å². The lowest BCUT2D eigenvalue weighted by Gasteiger charge is -2.42. The lowest BCUT2D eigenvalue weighted by atomic mass is 9.96. The van der Waals surface area contributed by atoms with Crippen LogP contribution in [0.4, 0.5) is 28.8 Å². The van der Waals surface area contributed by atoms with E-state index < -0.39 is 5.60 Å². The number of anilines is 5. The highest BCUT2D eigenvalue weighted by Crippen LogP contribution is 2.38. The van der Waals surface area contributed by atoms with E-state index in [1.807, 2.05) is 24.3 Å². The second-order valence-electron chi connectivity index (χ2n) is 12.0. The third-order valence-electron chi connectivity index (χ3n) is 8.51. The van der Waals surface area contributed by atoms with Crippen molar-refractivity contribution in [3.05, 3.63) is 52.1 Å². The maximum Gasteiger partial charge on any atom is 0.229 e. The molecule has 0 atom stereocenters. The normalized spacial score (nSPS) is 17.2. The number of aryl methyl sites for hydroxylation is 1. The van der Waals surface area contributed by atoms with Crippen LogP contribution in [0.3, 0.4) is 0 Å². The van der Waals surface area contributed by atoms with Gasteiger partial charge in [0.25, 0.3) is 0 Å². The molecule has 2 aliphatic rings. The Kier molecular flexibility index (Phi) is 9.65. The molecule has 11 heteroatoms. The lowest BCUT2D eigenvalue weighted by Crippen LogP contribution is -2.52. The van der Waals surface area contributed by atoms with Crippen LogP contribution in [0.5, 0.6) is 11.5 Å². The number of hydrogen-bond donors (Lipinski definition) is 3. The van der Waals surface area contributed by atoms with E-state index in [0.29, 0.717) is 33.6 Å². The van der Waals surface area contributed by atoms with Crippen molar-refractivity contribution >= 4 is 44.8 Å². The summed E-state index contributed by atoms with van der Waals surface area (Å²) < 4.78 is 11.9. The molecule has 3 N–H and O–H groups in total. The Morgan fingerprint density at radius 3 is 2.33 bits per heavy atom. The number of halogens is 1. The first-order valence-corrected chi connectivity index (χ1v) is 15.7. The van der Waals surface area contributed by atoms with Crippen LogP contribution in [0.25, 0.3) is 0 Å². The molecule has 10 nitrogen and oxygen atoms in total. The number of aromatic nitrogens is 2. The molecule has 43 heavy (non-hydrogen) atoms. The Balaban J connectivity index is 1.31. The lowest BCUT2D eigenvalue weighted by molar-refractivity contribution is 0.0791. The molecular weight excluding hydrogens is 610 g/mol. The molecule has 2 saturated heterocycles. The van der Waals surface area contributed by atoms with Gasteiger partial charge in [0.05, 0.1) is 30.0 Å². The van der Waals surface area contributed by atoms with E-state index in [9.17, 15) is 5.11 Å². The molecule has 0 aliphatic carbocycles. The standard InChI is InChI=1S/C32H44BrN7O3/c1-21-17-28(40-11-9-22(10-12-40)39-15-13-38(4)14-16-39)29(43-6)19-27(21)36-31-34-20-25(33)30(37-31)35-26-8-7-23(42-5)18-24(26)32(2,3)41/h7-8,17-20,22,41H,9-16H2,1-6H3,(H2,34,35,36,37). The van der Waals surface area contributed by atoms with E-state index in [0.717, 1.165) is 67.4 Å². The number of rotatable bonds is 9. The molecule has 232 valence electrons. The minimum atomic E-state index is -1.09. The number of nitrogens with zero attached hydrogens (tertiary/aromatic N) is 5. The molecule has 0 radical (unpaired) electrons. The Morgan fingerprint density at radius 2 is 1.67 bits per heavy atom. The van der Waals surface area contributed by atoms with Gasteiger partial charge in [-0.05, 0) is 86.4 Å². The Labute approximate surface area is 263 Å². The molecule has 5 rings (SSSR count). The van der Waals surface area contributed by atoms with Crippen molar-refractivity contribution in [2.45, 2.75) is 45.3 Å². The van der Waals surface area contributed by atoms with Crippen molar-refractivity contribution < 1.29 is 14.6 Å². The van der Waals surface area contributed by atoms with Gasteiger partial charge in [0, 0.05) is 74.5 Å². The molecule has 3 aromatic rings. The maximum absolute atomic E-state index is 10.8. The average molecular weight is 655 g/mol. The van der Waals surface area contributed by atoms with Crippen LogP contribution in [-0.2, 0) is 5.60 Å². The second kappa shape index (κ2) is 13.3. The maximum atomic E-state index is 10.8. The van der Waals surface area contributed by atoms with Crippen molar-refractivity contribution in [1.82, 2.24) is 19.8 Å². The monoisotopic (exact) mass is 653 g/mol. The Morgan fingerprint density at radius 1 is 0.953 bits per heavy atom. The Hall–Kier alpha value is -3.12. The summed E-state index contributed by atoms with van der Waals surface area (Å²) in [7, 11) is 5.54. The second-order valence-corrected chi connectivity index (χ2v) is 12.9. The number of likely N-dealkylation sites (N-methyl/N-ethyl adjacent to an activating group) is 1. The van der Waals surface area contributed by atoms with Gasteiger partial charge in [-0.15, -0.1) is 0 Å². The third kappa shape index (κ3) is 7.34. The zero-order chi connectivity index (χ0) is 30.7. The molecular formula is C32H44BrN7O3. The largest absolute Gasteiger partial charge is 0.497 e. The summed E-state index contributed by atoms with van der Waals surface area (Å²) in [5, 5.41) is 17.5. The zero-order valence-corrected chi connectivity index (χ0v) is 27.7. The van der Waals surface area contributed by atoms with Crippen molar-refractivity contribution in [2.75, 3.05) is 76.1 Å². The average Bonchev–Trinajstić information content (AvgIpc) is 2.99. The minimum Gasteiger partial charge on any atom is -0.497 e. The fourth-order valence-electron chi connectivity index (χ4n) is 5.91. The van der Waals surface area contributed by atoms with Crippen molar-refractivity contribution in [3.8, 4) is 11.5 Å². The summed E-state index contributed by atoms with van der Waals surface area (Å²) >= 11 is 3.57. The molecule has 2 aromatic carbocycles. The van der Waals surface area contributed by atoms with Crippen LogP contribution in [0.15, 0.2) is 41.0 Å². The van der Waals surface area contributed by atoms with Crippen molar-refractivity contribution in [3.63, 3.8) is 0 Å². The molecule has 0 unspecified atom stereocenters. The summed E-state index contributed by atoms with van der Waals surface area (Å²) in [4.78, 5) is 16.8. The van der Waals surface area contributed by atoms with Crippen LogP contribution in [0, 0.1) is 6.92 Å². The fraction of sp³-hybridized carbons (Fsp3) is 0.500. The molecule has 0 amide bonds. The van der Waals surface area contributed by atoms with Gasteiger partial charge in [-0.2, -0.15) is 4.98 Å².